The number of hydrogen-bond acceptors (Lipinski definition) is 21. The SMILES string of the molecule is Brc1ccc2c3c1CCCN3CCO2.CC1(C)OB(c2ccc3c4c2CCCN4CCO3)OC1(C)C.CCOC(=O)[C@@H](OC(C)(C)C)c1c(C)cc2nc(C)ccc2c1-c1ccc2c3c1CCCN3CCO2.CCOC(=O)[C@@H](OC(C)(C)C)c1c(C)cc2nc(C)ccc2c1Br.O=C(O)CCCl.Oc1ccc(Br)c2c1N(CCCl)CCC2.Oc1ccc(Br)c2cccnc12. The normalized spacial score (nSPS) is 16.3. The molecule has 0 aliphatic carbocycles. The molecule has 8 aliphatic rings. The standard InChI is InChI=1S/C30H36N2O4.C19H24BrNO3.C17H24BNO3.C11H13BrClNO.C11H12BrNO.C9H6BrNO.C3H5ClO2/c1-7-34-29(33)28(36-30(4,5)6)25-18(2)17-23-22(11-10-19(3)31-23)26(25)20-12-13-24-27-21(20)9-8-14-32(27)15-16-35-24;1-7-23-18(22)17(24-19(4,5)6)15-11(2)10-14-13(16(15)20)9-8-12(3)21-14;1-16(2)17(3,4)22-18(21-16)13-7-8-14-15-12(13)6-5-9-19(15)10-11-20-14;12-9-3-4-10(15)11-8(9)2-1-6-14(11)7-5-13;12-9-3-4-10-11-8(9)2-1-5-13(11)6-7-14-10;10-7-3-4-8(12)9-6(7)2-1-5-11-9;4-2-1-3(5)6/h10-13,17,28H,7-9,14-16H2,1-6H3;8-10,17H,7H2,1-6H3;7-8H,5-6,9-11H2,1-4H3;3-4,15H,1-2,5-7H2;3-4H,1-2,5-7H2;1-5,12H;1-2H2,(H,5,6)/t28-;17-;;;;;/m00...../s1. The van der Waals surface area contributed by atoms with Crippen LogP contribution in [0.15, 0.2) is 133 Å². The molecule has 10 aromatic rings. The maximum absolute atomic E-state index is 13.4. The number of benzene rings is 7. The molecule has 1 fully saturated rings. The quantitative estimate of drug-likeness (QED) is 0.0520. The highest BCUT2D eigenvalue weighted by Gasteiger charge is 2.53. The van der Waals surface area contributed by atoms with Crippen molar-refractivity contribution in [1.29, 1.82) is 0 Å². The van der Waals surface area contributed by atoms with E-state index in [-0.39, 0.29) is 48.3 Å². The Balaban J connectivity index is 0.000000144. The highest BCUT2D eigenvalue weighted by molar-refractivity contribution is 9.11. The fourth-order valence-electron chi connectivity index (χ4n) is 17.4. The van der Waals surface area contributed by atoms with Gasteiger partial charge in [0.25, 0.3) is 0 Å². The number of anilines is 4. The summed E-state index contributed by atoms with van der Waals surface area (Å²) in [4.78, 5) is 58.4. The Morgan fingerprint density at radius 3 is 1.50 bits per heavy atom. The Kier molecular flexibility index (Phi) is 33.8. The molecular formula is C100H120BBr4Cl2N7O15. The third kappa shape index (κ3) is 23.7. The van der Waals surface area contributed by atoms with Crippen LogP contribution in [-0.4, -0.2) is 175 Å². The van der Waals surface area contributed by atoms with Crippen LogP contribution in [0.25, 0.3) is 43.8 Å². The average Bonchev–Trinajstić information content (AvgIpc) is 1.43. The fraction of sp³-hybridized carbons (Fsp3) is 0.460. The first kappa shape index (κ1) is 99.8. The molecule has 1 saturated heterocycles. The molecule has 0 unspecified atom stereocenters. The number of hydrogen-bond donors (Lipinski definition) is 3. The lowest BCUT2D eigenvalue weighted by atomic mass is 9.73. The van der Waals surface area contributed by atoms with Crippen LogP contribution < -0.4 is 39.3 Å². The fourth-order valence-corrected chi connectivity index (χ4v) is 20.1. The Bertz CT molecular complexity index is 5660. The van der Waals surface area contributed by atoms with Crippen LogP contribution in [-0.2, 0) is 68.3 Å². The minimum Gasteiger partial charge on any atom is -0.506 e. The molecule has 29 heteroatoms. The van der Waals surface area contributed by atoms with E-state index in [1.807, 2.05) is 119 Å². The van der Waals surface area contributed by atoms with Crippen LogP contribution in [0.2, 0.25) is 0 Å². The average molecular weight is 2060 g/mol. The summed E-state index contributed by atoms with van der Waals surface area (Å²) in [5, 5.41) is 30.0. The van der Waals surface area contributed by atoms with Gasteiger partial charge in [0.2, 0.25) is 0 Å². The van der Waals surface area contributed by atoms with E-state index in [4.69, 9.17) is 75.8 Å². The number of carbonyl (C=O) groups excluding carboxylic acids is 2. The number of fused-ring (bicyclic) bond motifs is 4. The van der Waals surface area contributed by atoms with E-state index in [2.05, 4.69) is 170 Å². The summed E-state index contributed by atoms with van der Waals surface area (Å²) in [5.41, 5.74) is 19.6. The summed E-state index contributed by atoms with van der Waals surface area (Å²) < 4.78 is 57.4. The summed E-state index contributed by atoms with van der Waals surface area (Å²) >= 11 is 24.9. The second-order valence-corrected chi connectivity index (χ2v) is 39.9. The van der Waals surface area contributed by atoms with Gasteiger partial charge in [-0.3, -0.25) is 19.7 Å². The van der Waals surface area contributed by atoms with E-state index in [1.165, 1.54) is 75.1 Å². The Hall–Kier alpha value is -8.22. The number of halogens is 6. The van der Waals surface area contributed by atoms with Gasteiger partial charge in [0.05, 0.1) is 95.5 Å². The third-order valence-corrected chi connectivity index (χ3v) is 27.1. The van der Waals surface area contributed by atoms with Gasteiger partial charge in [0.15, 0.2) is 12.2 Å². The molecule has 2 atom stereocenters. The monoisotopic (exact) mass is 2060 g/mol. The summed E-state index contributed by atoms with van der Waals surface area (Å²) in [5.74, 6) is 2.80. The lowest BCUT2D eigenvalue weighted by Crippen LogP contribution is -2.43. The number of phenols is 2. The number of aromatic hydroxyl groups is 2. The number of nitrogens with zero attached hydrogens (tertiary/aromatic N) is 7. The number of rotatable bonds is 14. The van der Waals surface area contributed by atoms with Gasteiger partial charge in [-0.2, -0.15) is 0 Å². The van der Waals surface area contributed by atoms with Gasteiger partial charge < -0.3 is 77.4 Å². The second-order valence-electron chi connectivity index (χ2n) is 35.8. The maximum Gasteiger partial charge on any atom is 0.495 e. The molecule has 18 rings (SSSR count). The van der Waals surface area contributed by atoms with E-state index in [0.29, 0.717) is 37.0 Å². The number of pyridine rings is 3. The summed E-state index contributed by atoms with van der Waals surface area (Å²) in [7, 11) is -0.285. The van der Waals surface area contributed by atoms with E-state index < -0.39 is 29.4 Å². The van der Waals surface area contributed by atoms with Crippen LogP contribution in [0.3, 0.4) is 0 Å². The van der Waals surface area contributed by atoms with Crippen LogP contribution in [0.5, 0.6) is 28.7 Å². The largest absolute Gasteiger partial charge is 0.506 e. The molecule has 3 aromatic heterocycles. The molecule has 0 amide bonds. The first-order chi connectivity index (χ1) is 61.4. The lowest BCUT2D eigenvalue weighted by molar-refractivity contribution is -0.167. The number of ether oxygens (including phenoxy) is 7. The zero-order valence-electron chi connectivity index (χ0n) is 76.8. The first-order valence-electron chi connectivity index (χ1n) is 44.5. The maximum atomic E-state index is 13.4. The Labute approximate surface area is 802 Å². The molecule has 3 N–H and O–H groups in total. The van der Waals surface area contributed by atoms with E-state index >= 15 is 0 Å². The number of carbonyl (C=O) groups is 3. The molecule has 0 spiro atoms. The predicted octanol–water partition coefficient (Wildman–Crippen LogP) is 22.4. The van der Waals surface area contributed by atoms with E-state index in [9.17, 15) is 24.6 Å². The lowest BCUT2D eigenvalue weighted by Gasteiger charge is -2.38. The van der Waals surface area contributed by atoms with Crippen molar-refractivity contribution in [2.45, 2.75) is 203 Å². The summed E-state index contributed by atoms with van der Waals surface area (Å²) in [6.45, 7) is 42.6. The van der Waals surface area contributed by atoms with Crippen LogP contribution in [0.1, 0.15) is 183 Å². The van der Waals surface area contributed by atoms with Crippen molar-refractivity contribution in [2.75, 3.05) is 117 Å². The number of carboxylic acids is 1. The number of carboxylic acid groups (broad SMARTS) is 1. The van der Waals surface area contributed by atoms with Gasteiger partial charge in [0.1, 0.15) is 54.1 Å². The van der Waals surface area contributed by atoms with Crippen molar-refractivity contribution < 1.29 is 72.2 Å². The molecule has 129 heavy (non-hydrogen) atoms. The molecule has 0 bridgehead atoms. The van der Waals surface area contributed by atoms with E-state index in [1.54, 1.807) is 31.3 Å². The van der Waals surface area contributed by atoms with E-state index in [0.717, 1.165) is 199 Å². The summed E-state index contributed by atoms with van der Waals surface area (Å²) in [6.07, 6.45) is 8.93. The summed E-state index contributed by atoms with van der Waals surface area (Å²) in [6, 6.07) is 35.6. The van der Waals surface area contributed by atoms with Crippen molar-refractivity contribution in [3.05, 3.63) is 189 Å². The van der Waals surface area contributed by atoms with Crippen molar-refractivity contribution in [3.8, 4) is 39.9 Å². The Morgan fingerprint density at radius 1 is 0.527 bits per heavy atom. The number of aryl methyl sites for hydroxylation is 4. The predicted molar refractivity (Wildman–Crippen MR) is 532 cm³/mol. The van der Waals surface area contributed by atoms with Crippen molar-refractivity contribution in [3.63, 3.8) is 0 Å². The number of aromatic nitrogens is 3. The number of alkyl halides is 2. The Morgan fingerprint density at radius 2 is 0.984 bits per heavy atom. The molecule has 0 saturated carbocycles. The van der Waals surface area contributed by atoms with Crippen LogP contribution >= 0.6 is 86.9 Å². The van der Waals surface area contributed by atoms with Gasteiger partial charge in [-0.1, -0.05) is 72.1 Å². The molecule has 22 nitrogen and oxygen atoms in total. The molecule has 690 valence electrons. The van der Waals surface area contributed by atoms with Crippen LogP contribution in [0.4, 0.5) is 22.7 Å². The van der Waals surface area contributed by atoms with Gasteiger partial charge in [-0.15, -0.1) is 23.2 Å². The molecule has 11 heterocycles. The minimum absolute atomic E-state index is 0.0571. The zero-order valence-corrected chi connectivity index (χ0v) is 84.7. The van der Waals surface area contributed by atoms with Gasteiger partial charge >= 0.3 is 25.0 Å². The zero-order chi connectivity index (χ0) is 93.1. The number of aliphatic carboxylic acids is 1. The first-order valence-corrected chi connectivity index (χ1v) is 48.7. The van der Waals surface area contributed by atoms with Crippen molar-refractivity contribution in [2.24, 2.45) is 0 Å². The second kappa shape index (κ2) is 43.6. The minimum atomic E-state index is -0.857. The molecule has 7 aromatic carbocycles. The highest BCUT2D eigenvalue weighted by atomic mass is 79.9. The number of phenolic OH excluding ortho intramolecular Hbond substituents is 2. The molecule has 0 radical (unpaired) electrons. The smallest absolute Gasteiger partial charge is 0.495 e. The molecule has 8 aliphatic heterocycles. The van der Waals surface area contributed by atoms with Crippen LogP contribution in [0, 0.1) is 27.7 Å². The van der Waals surface area contributed by atoms with Gasteiger partial charge in [-0.05, 0) is 313 Å². The molecular weight excluding hydrogens is 1940 g/mol. The topological polar surface area (TPSA) is 247 Å². The third-order valence-electron chi connectivity index (χ3n) is 23.8. The van der Waals surface area contributed by atoms with Gasteiger partial charge in [0, 0.05) is 107 Å². The highest BCUT2D eigenvalue weighted by Crippen LogP contribution is 2.51. The number of esters is 2. The van der Waals surface area contributed by atoms with Crippen molar-refractivity contribution >= 4 is 173 Å². The van der Waals surface area contributed by atoms with Gasteiger partial charge in [-0.25, -0.2) is 9.59 Å². The van der Waals surface area contributed by atoms with Crippen molar-refractivity contribution in [1.82, 2.24) is 15.0 Å².